The SMILES string of the molecule is CC(NC(=O)c1cc(C(F)(F)F)cc(C(F)(F)F)c1)c1c(C#N)cnn1-c1ncccn1. The number of halogens is 6. The largest absolute Gasteiger partial charge is 0.416 e. The zero-order chi connectivity index (χ0) is 23.7. The Kier molecular flexibility index (Phi) is 5.89. The van der Waals surface area contributed by atoms with Crippen LogP contribution in [0.1, 0.15) is 45.7 Å². The summed E-state index contributed by atoms with van der Waals surface area (Å²) in [6.45, 7) is 1.38. The first-order valence-corrected chi connectivity index (χ1v) is 8.77. The van der Waals surface area contributed by atoms with Gasteiger partial charge in [-0.2, -0.15) is 41.4 Å². The van der Waals surface area contributed by atoms with Gasteiger partial charge >= 0.3 is 12.4 Å². The zero-order valence-electron chi connectivity index (χ0n) is 16.0. The van der Waals surface area contributed by atoms with E-state index in [9.17, 15) is 36.4 Å². The van der Waals surface area contributed by atoms with Gasteiger partial charge in [-0.3, -0.25) is 4.79 Å². The Labute approximate surface area is 176 Å². The highest BCUT2D eigenvalue weighted by atomic mass is 19.4. The Hall–Kier alpha value is -3.95. The van der Waals surface area contributed by atoms with Crippen LogP contribution in [0.15, 0.2) is 42.9 Å². The first-order valence-electron chi connectivity index (χ1n) is 8.77. The lowest BCUT2D eigenvalue weighted by Gasteiger charge is -2.18. The summed E-state index contributed by atoms with van der Waals surface area (Å²) < 4.78 is 79.5. The third kappa shape index (κ3) is 4.69. The minimum absolute atomic E-state index is 0.00489. The molecule has 0 saturated heterocycles. The molecule has 0 spiro atoms. The molecule has 0 aliphatic rings. The van der Waals surface area contributed by atoms with Gasteiger partial charge in [-0.1, -0.05) is 0 Å². The van der Waals surface area contributed by atoms with Crippen molar-refractivity contribution in [2.45, 2.75) is 25.3 Å². The number of nitriles is 1. The summed E-state index contributed by atoms with van der Waals surface area (Å²) in [5.74, 6) is -1.16. The molecule has 0 radical (unpaired) electrons. The van der Waals surface area contributed by atoms with Gasteiger partial charge in [-0.25, -0.2) is 9.97 Å². The van der Waals surface area contributed by atoms with Crippen molar-refractivity contribution in [2.24, 2.45) is 0 Å². The molecule has 166 valence electrons. The van der Waals surface area contributed by atoms with E-state index in [-0.39, 0.29) is 23.3 Å². The normalized spacial score (nSPS) is 12.8. The number of hydrogen-bond donors (Lipinski definition) is 1. The predicted octanol–water partition coefficient (Wildman–Crippen LogP) is 4.06. The molecular formula is C19H12F6N6O. The number of alkyl halides is 6. The van der Waals surface area contributed by atoms with E-state index in [4.69, 9.17) is 0 Å². The number of nitrogens with one attached hydrogen (secondary N) is 1. The predicted molar refractivity (Wildman–Crippen MR) is 96.2 cm³/mol. The molecular weight excluding hydrogens is 442 g/mol. The van der Waals surface area contributed by atoms with E-state index in [2.05, 4.69) is 20.4 Å². The van der Waals surface area contributed by atoms with Crippen molar-refractivity contribution in [2.75, 3.05) is 0 Å². The summed E-state index contributed by atoms with van der Waals surface area (Å²) in [5, 5.41) is 15.6. The molecule has 0 fully saturated rings. The maximum absolute atomic E-state index is 13.1. The van der Waals surface area contributed by atoms with Crippen molar-refractivity contribution >= 4 is 5.91 Å². The highest BCUT2D eigenvalue weighted by molar-refractivity contribution is 5.95. The Morgan fingerprint density at radius 3 is 2.12 bits per heavy atom. The Bertz CT molecular complexity index is 1150. The van der Waals surface area contributed by atoms with Crippen LogP contribution in [0.4, 0.5) is 26.3 Å². The second-order valence-corrected chi connectivity index (χ2v) is 6.51. The smallest absolute Gasteiger partial charge is 0.344 e. The molecule has 1 unspecified atom stereocenters. The average molecular weight is 454 g/mol. The van der Waals surface area contributed by atoms with Crippen molar-refractivity contribution < 1.29 is 31.1 Å². The summed E-state index contributed by atoms with van der Waals surface area (Å²) >= 11 is 0. The molecule has 1 N–H and O–H groups in total. The minimum atomic E-state index is -5.10. The van der Waals surface area contributed by atoms with Crippen LogP contribution in [-0.4, -0.2) is 25.7 Å². The van der Waals surface area contributed by atoms with E-state index in [0.717, 1.165) is 4.68 Å². The molecule has 0 aliphatic heterocycles. The Morgan fingerprint density at radius 1 is 1.06 bits per heavy atom. The molecule has 7 nitrogen and oxygen atoms in total. The number of rotatable bonds is 4. The van der Waals surface area contributed by atoms with Crippen molar-refractivity contribution in [3.8, 4) is 12.0 Å². The molecule has 13 heteroatoms. The number of hydrogen-bond acceptors (Lipinski definition) is 5. The number of nitrogens with zero attached hydrogens (tertiary/aromatic N) is 5. The van der Waals surface area contributed by atoms with Gasteiger partial charge in [0.25, 0.3) is 11.9 Å². The van der Waals surface area contributed by atoms with Crippen LogP contribution in [0.5, 0.6) is 0 Å². The molecule has 0 saturated carbocycles. The van der Waals surface area contributed by atoms with Crippen LogP contribution < -0.4 is 5.32 Å². The minimum Gasteiger partial charge on any atom is -0.344 e. The van der Waals surface area contributed by atoms with Gasteiger partial charge in [0.2, 0.25) is 0 Å². The molecule has 2 heterocycles. The van der Waals surface area contributed by atoms with E-state index in [0.29, 0.717) is 12.1 Å². The third-order valence-corrected chi connectivity index (χ3v) is 4.28. The highest BCUT2D eigenvalue weighted by Crippen LogP contribution is 2.36. The molecule has 1 amide bonds. The summed E-state index contributed by atoms with van der Waals surface area (Å²) in [6, 6.07) is 2.89. The first kappa shape index (κ1) is 22.7. The molecule has 0 aliphatic carbocycles. The van der Waals surface area contributed by atoms with Gasteiger partial charge in [0, 0.05) is 18.0 Å². The van der Waals surface area contributed by atoms with E-state index < -0.39 is 41.0 Å². The van der Waals surface area contributed by atoms with Gasteiger partial charge < -0.3 is 5.32 Å². The van der Waals surface area contributed by atoms with Gasteiger partial charge in [-0.15, -0.1) is 0 Å². The number of benzene rings is 1. The molecule has 2 aromatic heterocycles. The van der Waals surface area contributed by atoms with Crippen LogP contribution in [0.3, 0.4) is 0 Å². The molecule has 0 bridgehead atoms. The third-order valence-electron chi connectivity index (χ3n) is 4.28. The molecule has 32 heavy (non-hydrogen) atoms. The number of aromatic nitrogens is 4. The first-order chi connectivity index (χ1) is 14.9. The maximum atomic E-state index is 13.1. The lowest BCUT2D eigenvalue weighted by molar-refractivity contribution is -0.143. The average Bonchev–Trinajstić information content (AvgIpc) is 3.17. The van der Waals surface area contributed by atoms with E-state index in [1.54, 1.807) is 0 Å². The second-order valence-electron chi connectivity index (χ2n) is 6.51. The van der Waals surface area contributed by atoms with Crippen molar-refractivity contribution in [3.05, 3.63) is 70.8 Å². The van der Waals surface area contributed by atoms with Crippen LogP contribution in [0.2, 0.25) is 0 Å². The standard InChI is InChI=1S/C19H12F6N6O/c1-10(15-12(8-26)9-29-31(15)17-27-3-2-4-28-17)30-16(32)11-5-13(18(20,21)22)7-14(6-11)19(23,24)25/h2-7,9-10H,1H3,(H,30,32). The lowest BCUT2D eigenvalue weighted by atomic mass is 10.0. The lowest BCUT2D eigenvalue weighted by Crippen LogP contribution is -2.29. The van der Waals surface area contributed by atoms with Crippen LogP contribution >= 0.6 is 0 Å². The summed E-state index contributed by atoms with van der Waals surface area (Å²) in [4.78, 5) is 20.5. The van der Waals surface area contributed by atoms with E-state index in [1.165, 1.54) is 31.6 Å². The number of amides is 1. The molecule has 1 aromatic carbocycles. The quantitative estimate of drug-likeness (QED) is 0.600. The Morgan fingerprint density at radius 2 is 1.62 bits per heavy atom. The summed E-state index contributed by atoms with van der Waals surface area (Å²) in [5.41, 5.74) is -3.99. The number of carbonyl (C=O) groups excluding carboxylic acids is 1. The Balaban J connectivity index is 1.99. The van der Waals surface area contributed by atoms with E-state index >= 15 is 0 Å². The summed E-state index contributed by atoms with van der Waals surface area (Å²) in [6.07, 6.45) is -6.24. The fourth-order valence-corrected chi connectivity index (χ4v) is 2.86. The van der Waals surface area contributed by atoms with Crippen molar-refractivity contribution in [3.63, 3.8) is 0 Å². The van der Waals surface area contributed by atoms with Crippen LogP contribution in [0.25, 0.3) is 5.95 Å². The van der Waals surface area contributed by atoms with Crippen molar-refractivity contribution in [1.29, 1.82) is 5.26 Å². The van der Waals surface area contributed by atoms with Gasteiger partial charge in [0.15, 0.2) is 0 Å². The van der Waals surface area contributed by atoms with Crippen LogP contribution in [-0.2, 0) is 12.4 Å². The van der Waals surface area contributed by atoms with Crippen molar-refractivity contribution in [1.82, 2.24) is 25.1 Å². The summed E-state index contributed by atoms with van der Waals surface area (Å²) in [7, 11) is 0. The number of carbonyl (C=O) groups is 1. The van der Waals surface area contributed by atoms with Gasteiger partial charge in [-0.05, 0) is 31.2 Å². The molecule has 3 rings (SSSR count). The molecule has 1 atom stereocenters. The molecule has 3 aromatic rings. The second kappa shape index (κ2) is 8.29. The maximum Gasteiger partial charge on any atom is 0.416 e. The van der Waals surface area contributed by atoms with Gasteiger partial charge in [0.05, 0.1) is 34.6 Å². The van der Waals surface area contributed by atoms with Crippen LogP contribution in [0, 0.1) is 11.3 Å². The zero-order valence-corrected chi connectivity index (χ0v) is 16.0. The fraction of sp³-hybridized carbons (Fsp3) is 0.211. The van der Waals surface area contributed by atoms with E-state index in [1.807, 2.05) is 6.07 Å². The fourth-order valence-electron chi connectivity index (χ4n) is 2.86. The topological polar surface area (TPSA) is 96.5 Å². The monoisotopic (exact) mass is 454 g/mol. The highest BCUT2D eigenvalue weighted by Gasteiger charge is 2.37. The van der Waals surface area contributed by atoms with Gasteiger partial charge in [0.1, 0.15) is 6.07 Å².